The summed E-state index contributed by atoms with van der Waals surface area (Å²) < 4.78 is 0. The van der Waals surface area contributed by atoms with Crippen molar-refractivity contribution in [1.29, 1.82) is 0 Å². The molecule has 0 fully saturated rings. The maximum atomic E-state index is 12.0. The van der Waals surface area contributed by atoms with Crippen molar-refractivity contribution in [2.75, 3.05) is 6.54 Å². The van der Waals surface area contributed by atoms with Gasteiger partial charge in [0, 0.05) is 25.0 Å². The van der Waals surface area contributed by atoms with E-state index in [1.54, 1.807) is 4.90 Å². The van der Waals surface area contributed by atoms with Crippen LogP contribution in [0.1, 0.15) is 47.5 Å². The number of nitrogens with zero attached hydrogens (tertiary/aromatic N) is 1. The molecule has 0 radical (unpaired) electrons. The summed E-state index contributed by atoms with van der Waals surface area (Å²) >= 11 is 0. The van der Waals surface area contributed by atoms with E-state index in [0.717, 1.165) is 0 Å². The summed E-state index contributed by atoms with van der Waals surface area (Å²) in [5.41, 5.74) is 0. The lowest BCUT2D eigenvalue weighted by atomic mass is 10.1. The number of carbonyl (C=O) groups is 2. The van der Waals surface area contributed by atoms with Crippen LogP contribution in [0.3, 0.4) is 0 Å². The number of urea groups is 1. The number of carboxylic acid groups (broad SMARTS) is 1. The highest BCUT2D eigenvalue weighted by atomic mass is 16.4. The Labute approximate surface area is 110 Å². The van der Waals surface area contributed by atoms with E-state index in [9.17, 15) is 9.59 Å². The Bertz CT molecular complexity index is 277. The molecule has 0 rings (SSSR count). The summed E-state index contributed by atoms with van der Waals surface area (Å²) in [6.07, 6.45) is 0.577. The van der Waals surface area contributed by atoms with Gasteiger partial charge in [-0.1, -0.05) is 13.8 Å². The van der Waals surface area contributed by atoms with Gasteiger partial charge >= 0.3 is 12.0 Å². The van der Waals surface area contributed by atoms with E-state index in [4.69, 9.17) is 5.11 Å². The molecule has 0 aliphatic heterocycles. The van der Waals surface area contributed by atoms with Gasteiger partial charge in [-0.05, 0) is 33.1 Å². The minimum atomic E-state index is -0.824. The van der Waals surface area contributed by atoms with Crippen molar-refractivity contribution in [3.63, 3.8) is 0 Å². The maximum Gasteiger partial charge on any atom is 0.317 e. The number of carboxylic acids is 1. The zero-order valence-corrected chi connectivity index (χ0v) is 12.1. The van der Waals surface area contributed by atoms with Crippen molar-refractivity contribution in [3.8, 4) is 0 Å². The standard InChI is InChI=1S/C13H26N2O3/c1-9(2)11(5)14-13(18)15(10(3)4)8-6-7-12(16)17/h9-11H,6-8H2,1-5H3,(H,14,18)(H,16,17). The Morgan fingerprint density at radius 3 is 2.11 bits per heavy atom. The monoisotopic (exact) mass is 258 g/mol. The van der Waals surface area contributed by atoms with Crippen LogP contribution in [0.25, 0.3) is 0 Å². The van der Waals surface area contributed by atoms with Crippen LogP contribution in [0.5, 0.6) is 0 Å². The minimum absolute atomic E-state index is 0.0677. The highest BCUT2D eigenvalue weighted by Gasteiger charge is 2.19. The molecule has 5 nitrogen and oxygen atoms in total. The smallest absolute Gasteiger partial charge is 0.317 e. The molecule has 0 spiro atoms. The average molecular weight is 258 g/mol. The molecule has 0 aliphatic carbocycles. The third kappa shape index (κ3) is 6.47. The fourth-order valence-electron chi connectivity index (χ4n) is 1.44. The van der Waals surface area contributed by atoms with E-state index >= 15 is 0 Å². The fraction of sp³-hybridized carbons (Fsp3) is 0.846. The van der Waals surface area contributed by atoms with Crippen LogP contribution in [0.4, 0.5) is 4.79 Å². The number of aliphatic carboxylic acids is 1. The number of hydrogen-bond donors (Lipinski definition) is 2. The van der Waals surface area contributed by atoms with Crippen LogP contribution >= 0.6 is 0 Å². The molecule has 0 aromatic rings. The second-order valence-corrected chi connectivity index (χ2v) is 5.27. The van der Waals surface area contributed by atoms with Gasteiger partial charge in [-0.2, -0.15) is 0 Å². The van der Waals surface area contributed by atoms with E-state index in [1.807, 2.05) is 20.8 Å². The molecule has 0 aromatic heterocycles. The first-order valence-electron chi connectivity index (χ1n) is 6.54. The van der Waals surface area contributed by atoms with Crippen LogP contribution < -0.4 is 5.32 Å². The summed E-state index contributed by atoms with van der Waals surface area (Å²) in [6.45, 7) is 10.4. The molecule has 106 valence electrons. The van der Waals surface area contributed by atoms with Gasteiger partial charge in [-0.3, -0.25) is 4.79 Å². The molecule has 0 aromatic carbocycles. The van der Waals surface area contributed by atoms with Crippen molar-refractivity contribution < 1.29 is 14.7 Å². The van der Waals surface area contributed by atoms with Crippen LogP contribution in [-0.2, 0) is 4.79 Å². The SMILES string of the molecule is CC(C)C(C)NC(=O)N(CCCC(=O)O)C(C)C. The molecule has 0 saturated heterocycles. The van der Waals surface area contributed by atoms with E-state index in [1.165, 1.54) is 0 Å². The van der Waals surface area contributed by atoms with Gasteiger partial charge < -0.3 is 15.3 Å². The Morgan fingerprint density at radius 2 is 1.72 bits per heavy atom. The predicted molar refractivity (Wildman–Crippen MR) is 71.5 cm³/mol. The van der Waals surface area contributed by atoms with Gasteiger partial charge in [-0.25, -0.2) is 4.79 Å². The number of amides is 2. The molecule has 0 heterocycles. The number of hydrogen-bond acceptors (Lipinski definition) is 2. The molecule has 0 bridgehead atoms. The highest BCUT2D eigenvalue weighted by Crippen LogP contribution is 2.06. The van der Waals surface area contributed by atoms with Crippen molar-refractivity contribution >= 4 is 12.0 Å². The first-order chi connectivity index (χ1) is 8.25. The normalized spacial score (nSPS) is 12.6. The molecule has 0 saturated carbocycles. The van der Waals surface area contributed by atoms with Crippen molar-refractivity contribution in [2.45, 2.75) is 59.5 Å². The van der Waals surface area contributed by atoms with Gasteiger partial charge in [0.1, 0.15) is 0 Å². The summed E-state index contributed by atoms with van der Waals surface area (Å²) in [5.74, 6) is -0.448. The molecule has 1 unspecified atom stereocenters. The zero-order chi connectivity index (χ0) is 14.3. The first-order valence-corrected chi connectivity index (χ1v) is 6.54. The Kier molecular flexibility index (Phi) is 7.39. The van der Waals surface area contributed by atoms with E-state index in [0.29, 0.717) is 18.9 Å². The molecular formula is C13H26N2O3. The van der Waals surface area contributed by atoms with Crippen molar-refractivity contribution in [2.24, 2.45) is 5.92 Å². The second kappa shape index (κ2) is 7.95. The molecule has 2 amide bonds. The molecule has 1 atom stereocenters. The lowest BCUT2D eigenvalue weighted by Crippen LogP contribution is -2.48. The third-order valence-corrected chi connectivity index (χ3v) is 3.03. The third-order valence-electron chi connectivity index (χ3n) is 3.03. The quantitative estimate of drug-likeness (QED) is 0.736. The van der Waals surface area contributed by atoms with Crippen molar-refractivity contribution in [1.82, 2.24) is 10.2 Å². The highest BCUT2D eigenvalue weighted by molar-refractivity contribution is 5.75. The molecular weight excluding hydrogens is 232 g/mol. The lowest BCUT2D eigenvalue weighted by Gasteiger charge is -2.29. The number of nitrogens with one attached hydrogen (secondary N) is 1. The maximum absolute atomic E-state index is 12.0. The topological polar surface area (TPSA) is 69.6 Å². The van der Waals surface area contributed by atoms with Crippen LogP contribution in [-0.4, -0.2) is 40.6 Å². The van der Waals surface area contributed by atoms with Gasteiger partial charge in [0.25, 0.3) is 0 Å². The summed E-state index contributed by atoms with van der Waals surface area (Å²) in [4.78, 5) is 24.2. The van der Waals surface area contributed by atoms with Gasteiger partial charge in [0.05, 0.1) is 0 Å². The lowest BCUT2D eigenvalue weighted by molar-refractivity contribution is -0.137. The number of rotatable bonds is 7. The Hall–Kier alpha value is -1.26. The van der Waals surface area contributed by atoms with Gasteiger partial charge in [0.15, 0.2) is 0 Å². The summed E-state index contributed by atoms with van der Waals surface area (Å²) in [5, 5.41) is 11.5. The van der Waals surface area contributed by atoms with Crippen molar-refractivity contribution in [3.05, 3.63) is 0 Å². The van der Waals surface area contributed by atoms with Crippen LogP contribution in [0, 0.1) is 5.92 Å². The molecule has 2 N–H and O–H groups in total. The number of carbonyl (C=O) groups excluding carboxylic acids is 1. The Balaban J connectivity index is 4.32. The van der Waals surface area contributed by atoms with Gasteiger partial charge in [-0.15, -0.1) is 0 Å². The largest absolute Gasteiger partial charge is 0.481 e. The van der Waals surface area contributed by atoms with Crippen LogP contribution in [0.15, 0.2) is 0 Å². The minimum Gasteiger partial charge on any atom is -0.481 e. The van der Waals surface area contributed by atoms with Crippen LogP contribution in [0.2, 0.25) is 0 Å². The first kappa shape index (κ1) is 16.7. The molecule has 5 heteroatoms. The molecule has 18 heavy (non-hydrogen) atoms. The zero-order valence-electron chi connectivity index (χ0n) is 12.1. The summed E-state index contributed by atoms with van der Waals surface area (Å²) in [7, 11) is 0. The van der Waals surface area contributed by atoms with E-state index in [2.05, 4.69) is 19.2 Å². The van der Waals surface area contributed by atoms with E-state index in [-0.39, 0.29) is 24.5 Å². The van der Waals surface area contributed by atoms with Gasteiger partial charge in [0.2, 0.25) is 0 Å². The summed E-state index contributed by atoms with van der Waals surface area (Å²) in [6, 6.07) is 0.0629. The average Bonchev–Trinajstić information content (AvgIpc) is 2.22. The molecule has 0 aliphatic rings. The fourth-order valence-corrected chi connectivity index (χ4v) is 1.44. The van der Waals surface area contributed by atoms with E-state index < -0.39 is 5.97 Å². The Morgan fingerprint density at radius 1 is 1.17 bits per heavy atom. The predicted octanol–water partition coefficient (Wildman–Crippen LogP) is 2.32. The second-order valence-electron chi connectivity index (χ2n) is 5.27.